The molecule has 0 aromatic carbocycles. The van der Waals surface area contributed by atoms with Crippen molar-refractivity contribution >= 4 is 0 Å². The van der Waals surface area contributed by atoms with E-state index in [2.05, 4.69) is 28.8 Å². The first-order valence-corrected chi connectivity index (χ1v) is 7.89. The van der Waals surface area contributed by atoms with E-state index in [0.717, 1.165) is 19.0 Å². The number of nitrogens with two attached hydrogens (primary N) is 1. The van der Waals surface area contributed by atoms with E-state index in [1.165, 1.54) is 56.3 Å². The summed E-state index contributed by atoms with van der Waals surface area (Å²) in [7, 11) is 2.29. The lowest BCUT2D eigenvalue weighted by Crippen LogP contribution is -2.32. The van der Waals surface area contributed by atoms with Crippen LogP contribution in [0.5, 0.6) is 0 Å². The second kappa shape index (κ2) is 5.68. The van der Waals surface area contributed by atoms with Crippen LogP contribution in [0.3, 0.4) is 0 Å². The van der Waals surface area contributed by atoms with Crippen molar-refractivity contribution in [3.05, 3.63) is 23.5 Å². The summed E-state index contributed by atoms with van der Waals surface area (Å²) >= 11 is 0. The summed E-state index contributed by atoms with van der Waals surface area (Å²) < 4.78 is 2.44. The van der Waals surface area contributed by atoms with Gasteiger partial charge in [-0.1, -0.05) is 12.8 Å². The molecule has 1 atom stereocenters. The van der Waals surface area contributed by atoms with Gasteiger partial charge in [-0.15, -0.1) is 0 Å². The van der Waals surface area contributed by atoms with Crippen molar-refractivity contribution in [3.8, 4) is 0 Å². The lowest BCUT2D eigenvalue weighted by molar-refractivity contribution is 0.235. The molecular formula is C16H27N3. The first-order chi connectivity index (χ1) is 9.25. The molecule has 0 bridgehead atoms. The Bertz CT molecular complexity index is 418. The highest BCUT2D eigenvalue weighted by atomic mass is 15.2. The van der Waals surface area contributed by atoms with Crippen molar-refractivity contribution < 1.29 is 0 Å². The Balaban J connectivity index is 1.61. The fourth-order valence-electron chi connectivity index (χ4n) is 3.80. The summed E-state index contributed by atoms with van der Waals surface area (Å²) in [5, 5.41) is 0. The lowest BCUT2D eigenvalue weighted by Gasteiger charge is -2.26. The summed E-state index contributed by atoms with van der Waals surface area (Å²) in [5.41, 5.74) is 9.09. The van der Waals surface area contributed by atoms with Crippen LogP contribution >= 0.6 is 0 Å². The van der Waals surface area contributed by atoms with Gasteiger partial charge in [0, 0.05) is 37.1 Å². The number of aromatic nitrogens is 1. The average molecular weight is 261 g/mol. The van der Waals surface area contributed by atoms with Crippen LogP contribution in [-0.4, -0.2) is 29.1 Å². The number of nitrogens with zero attached hydrogens (tertiary/aromatic N) is 2. The highest BCUT2D eigenvalue weighted by Gasteiger charge is 2.22. The topological polar surface area (TPSA) is 34.2 Å². The van der Waals surface area contributed by atoms with Gasteiger partial charge in [-0.05, 0) is 50.8 Å². The largest absolute Gasteiger partial charge is 0.350 e. The predicted octanol–water partition coefficient (Wildman–Crippen LogP) is 2.70. The molecule has 2 aliphatic carbocycles. The minimum Gasteiger partial charge on any atom is -0.350 e. The predicted molar refractivity (Wildman–Crippen MR) is 79.2 cm³/mol. The van der Waals surface area contributed by atoms with Crippen LogP contribution in [0.1, 0.15) is 55.8 Å². The van der Waals surface area contributed by atoms with Gasteiger partial charge in [-0.3, -0.25) is 0 Å². The van der Waals surface area contributed by atoms with Gasteiger partial charge in [-0.25, -0.2) is 0 Å². The molecule has 2 aliphatic rings. The van der Waals surface area contributed by atoms with Gasteiger partial charge in [-0.2, -0.15) is 0 Å². The second-order valence-electron chi connectivity index (χ2n) is 6.33. The van der Waals surface area contributed by atoms with Crippen LogP contribution in [0.4, 0.5) is 0 Å². The maximum absolute atomic E-state index is 6.19. The maximum atomic E-state index is 6.19. The van der Waals surface area contributed by atoms with Gasteiger partial charge in [0.05, 0.1) is 0 Å². The smallest absolute Gasteiger partial charge is 0.0350 e. The molecule has 1 saturated carbocycles. The summed E-state index contributed by atoms with van der Waals surface area (Å²) in [4.78, 5) is 2.56. The molecule has 0 spiro atoms. The van der Waals surface area contributed by atoms with Crippen molar-refractivity contribution in [3.63, 3.8) is 0 Å². The van der Waals surface area contributed by atoms with Gasteiger partial charge < -0.3 is 15.2 Å². The van der Waals surface area contributed by atoms with E-state index >= 15 is 0 Å². The Morgan fingerprint density at radius 1 is 1.26 bits per heavy atom. The molecule has 1 heterocycles. The number of fused-ring (bicyclic) bond motifs is 1. The first-order valence-electron chi connectivity index (χ1n) is 7.89. The van der Waals surface area contributed by atoms with E-state index in [-0.39, 0.29) is 6.04 Å². The standard InChI is InChI=1S/C16H27N3/c1-18(13-5-2-3-6-13)11-12-19-10-9-14-15(17)7-4-8-16(14)19/h9-10,13,15H,2-8,11-12,17H2,1H3. The summed E-state index contributed by atoms with van der Waals surface area (Å²) in [6.45, 7) is 2.29. The fraction of sp³-hybridized carbons (Fsp3) is 0.750. The molecule has 3 heteroatoms. The van der Waals surface area contributed by atoms with Gasteiger partial charge >= 0.3 is 0 Å². The van der Waals surface area contributed by atoms with Crippen LogP contribution < -0.4 is 5.73 Å². The molecular weight excluding hydrogens is 234 g/mol. The van der Waals surface area contributed by atoms with Crippen molar-refractivity contribution in [2.24, 2.45) is 5.73 Å². The Kier molecular flexibility index (Phi) is 3.94. The number of rotatable bonds is 4. The van der Waals surface area contributed by atoms with Crippen molar-refractivity contribution in [1.29, 1.82) is 0 Å². The lowest BCUT2D eigenvalue weighted by atomic mass is 9.94. The maximum Gasteiger partial charge on any atom is 0.0350 e. The highest BCUT2D eigenvalue weighted by molar-refractivity contribution is 5.28. The highest BCUT2D eigenvalue weighted by Crippen LogP contribution is 2.29. The van der Waals surface area contributed by atoms with Crippen LogP contribution in [0.2, 0.25) is 0 Å². The molecule has 1 unspecified atom stereocenters. The number of likely N-dealkylation sites (N-methyl/N-ethyl adjacent to an activating group) is 1. The quantitative estimate of drug-likeness (QED) is 0.904. The van der Waals surface area contributed by atoms with Gasteiger partial charge in [0.25, 0.3) is 0 Å². The molecule has 2 N–H and O–H groups in total. The first kappa shape index (κ1) is 13.2. The van der Waals surface area contributed by atoms with E-state index in [1.54, 1.807) is 0 Å². The summed E-state index contributed by atoms with van der Waals surface area (Å²) in [6.07, 6.45) is 11.5. The van der Waals surface area contributed by atoms with E-state index in [1.807, 2.05) is 0 Å². The van der Waals surface area contributed by atoms with Crippen molar-refractivity contribution in [2.75, 3.05) is 13.6 Å². The van der Waals surface area contributed by atoms with Crippen LogP contribution in [0, 0.1) is 0 Å². The zero-order valence-electron chi connectivity index (χ0n) is 12.1. The summed E-state index contributed by atoms with van der Waals surface area (Å²) in [6, 6.07) is 3.35. The molecule has 106 valence electrons. The third-order valence-corrected chi connectivity index (χ3v) is 5.08. The minimum atomic E-state index is 0.276. The van der Waals surface area contributed by atoms with E-state index < -0.39 is 0 Å². The van der Waals surface area contributed by atoms with Crippen molar-refractivity contribution in [2.45, 2.75) is 63.6 Å². The fourth-order valence-corrected chi connectivity index (χ4v) is 3.80. The third-order valence-electron chi connectivity index (χ3n) is 5.08. The second-order valence-corrected chi connectivity index (χ2v) is 6.33. The number of hydrogen-bond acceptors (Lipinski definition) is 2. The Labute approximate surface area is 116 Å². The van der Waals surface area contributed by atoms with E-state index in [0.29, 0.717) is 0 Å². The molecule has 3 nitrogen and oxygen atoms in total. The SMILES string of the molecule is CN(CCn1ccc2c1CCCC2N)C1CCCC1. The van der Waals surface area contributed by atoms with Crippen LogP contribution in [0.15, 0.2) is 12.3 Å². The van der Waals surface area contributed by atoms with Gasteiger partial charge in [0.15, 0.2) is 0 Å². The Morgan fingerprint density at radius 2 is 2.05 bits per heavy atom. The van der Waals surface area contributed by atoms with Crippen LogP contribution in [-0.2, 0) is 13.0 Å². The third kappa shape index (κ3) is 2.72. The van der Waals surface area contributed by atoms with Gasteiger partial charge in [0.1, 0.15) is 0 Å². The zero-order valence-corrected chi connectivity index (χ0v) is 12.1. The van der Waals surface area contributed by atoms with Gasteiger partial charge in [0.2, 0.25) is 0 Å². The molecule has 0 amide bonds. The molecule has 1 aromatic rings. The zero-order chi connectivity index (χ0) is 13.2. The molecule has 19 heavy (non-hydrogen) atoms. The summed E-state index contributed by atoms with van der Waals surface area (Å²) in [5.74, 6) is 0. The van der Waals surface area contributed by atoms with E-state index in [4.69, 9.17) is 5.73 Å². The number of hydrogen-bond donors (Lipinski definition) is 1. The normalized spacial score (nSPS) is 24.1. The van der Waals surface area contributed by atoms with Crippen LogP contribution in [0.25, 0.3) is 0 Å². The van der Waals surface area contributed by atoms with Crippen molar-refractivity contribution in [1.82, 2.24) is 9.47 Å². The molecule has 1 aromatic heterocycles. The molecule has 0 saturated heterocycles. The molecule has 0 aliphatic heterocycles. The van der Waals surface area contributed by atoms with E-state index in [9.17, 15) is 0 Å². The Morgan fingerprint density at radius 3 is 2.84 bits per heavy atom. The monoisotopic (exact) mass is 261 g/mol. The molecule has 3 rings (SSSR count). The minimum absolute atomic E-state index is 0.276. The Hall–Kier alpha value is -0.800. The molecule has 0 radical (unpaired) electrons. The molecule has 1 fully saturated rings. The average Bonchev–Trinajstić information content (AvgIpc) is 3.06.